The molecule has 0 saturated heterocycles. The average Bonchev–Trinajstić information content (AvgIpc) is 2.79. The number of anilines is 2. The fourth-order valence-corrected chi connectivity index (χ4v) is 1.27. The number of nitrogens with zero attached hydrogens (tertiary/aromatic N) is 1. The van der Waals surface area contributed by atoms with Gasteiger partial charge in [-0.1, -0.05) is 0 Å². The van der Waals surface area contributed by atoms with E-state index >= 15 is 0 Å². The van der Waals surface area contributed by atoms with Gasteiger partial charge in [-0.25, -0.2) is 4.98 Å². The Morgan fingerprint density at radius 2 is 2.33 bits per heavy atom. The predicted molar refractivity (Wildman–Crippen MR) is 59.8 cm³/mol. The van der Waals surface area contributed by atoms with Gasteiger partial charge in [0, 0.05) is 37.1 Å². The molecule has 15 heavy (non-hydrogen) atoms. The molecule has 0 spiro atoms. The van der Waals surface area contributed by atoms with E-state index in [9.17, 15) is 0 Å². The Labute approximate surface area is 88.3 Å². The zero-order valence-corrected chi connectivity index (χ0v) is 8.53. The quantitative estimate of drug-likeness (QED) is 0.800. The third kappa shape index (κ3) is 2.49. The summed E-state index contributed by atoms with van der Waals surface area (Å²) < 4.78 is 4.98. The topological polar surface area (TPSA) is 50.1 Å². The van der Waals surface area contributed by atoms with E-state index in [1.807, 2.05) is 25.2 Å². The number of hydrogen-bond donors (Lipinski definition) is 2. The molecule has 0 atom stereocenters. The first-order valence-electron chi connectivity index (χ1n) is 4.77. The minimum atomic E-state index is 0.754. The molecule has 78 valence electrons. The van der Waals surface area contributed by atoms with Crippen molar-refractivity contribution < 1.29 is 4.42 Å². The molecule has 0 aromatic carbocycles. The van der Waals surface area contributed by atoms with Crippen molar-refractivity contribution in [2.75, 3.05) is 17.7 Å². The highest BCUT2D eigenvalue weighted by atomic mass is 16.3. The van der Waals surface area contributed by atoms with Gasteiger partial charge in [0.05, 0.1) is 12.5 Å². The van der Waals surface area contributed by atoms with Gasteiger partial charge < -0.3 is 15.1 Å². The molecule has 0 radical (unpaired) electrons. The van der Waals surface area contributed by atoms with E-state index in [1.165, 1.54) is 0 Å². The van der Waals surface area contributed by atoms with Gasteiger partial charge in [-0.15, -0.1) is 0 Å². The van der Waals surface area contributed by atoms with Crippen molar-refractivity contribution in [2.45, 2.75) is 6.54 Å². The number of nitrogens with one attached hydrogen (secondary N) is 2. The number of furan rings is 1. The molecule has 0 unspecified atom stereocenters. The first-order chi connectivity index (χ1) is 7.38. The number of pyridine rings is 1. The van der Waals surface area contributed by atoms with Crippen LogP contribution in [0.2, 0.25) is 0 Å². The van der Waals surface area contributed by atoms with Crippen molar-refractivity contribution in [3.63, 3.8) is 0 Å². The van der Waals surface area contributed by atoms with E-state index in [2.05, 4.69) is 15.6 Å². The van der Waals surface area contributed by atoms with Crippen LogP contribution >= 0.6 is 0 Å². The summed E-state index contributed by atoms with van der Waals surface area (Å²) in [7, 11) is 1.85. The van der Waals surface area contributed by atoms with E-state index in [0.717, 1.165) is 23.6 Å². The molecule has 0 saturated carbocycles. The Morgan fingerprint density at radius 3 is 3.07 bits per heavy atom. The zero-order chi connectivity index (χ0) is 10.5. The maximum atomic E-state index is 4.98. The molecular formula is C11H13N3O. The summed E-state index contributed by atoms with van der Waals surface area (Å²) in [5.74, 6) is 0.854. The van der Waals surface area contributed by atoms with Crippen LogP contribution in [0.15, 0.2) is 41.3 Å². The number of aromatic nitrogens is 1. The highest BCUT2D eigenvalue weighted by Crippen LogP contribution is 2.12. The first-order valence-corrected chi connectivity index (χ1v) is 4.77. The summed E-state index contributed by atoms with van der Waals surface area (Å²) in [6.45, 7) is 0.754. The lowest BCUT2D eigenvalue weighted by Crippen LogP contribution is -1.99. The van der Waals surface area contributed by atoms with Crippen molar-refractivity contribution in [3.05, 3.63) is 42.5 Å². The van der Waals surface area contributed by atoms with Crippen molar-refractivity contribution in [1.82, 2.24) is 4.98 Å². The molecule has 2 aromatic rings. The molecule has 2 aromatic heterocycles. The summed E-state index contributed by atoms with van der Waals surface area (Å²) in [5.41, 5.74) is 2.16. The maximum Gasteiger partial charge on any atom is 0.127 e. The van der Waals surface area contributed by atoms with E-state index in [0.29, 0.717) is 0 Å². The van der Waals surface area contributed by atoms with Crippen LogP contribution < -0.4 is 10.6 Å². The van der Waals surface area contributed by atoms with Gasteiger partial charge in [-0.2, -0.15) is 0 Å². The summed E-state index contributed by atoms with van der Waals surface area (Å²) in [5, 5.41) is 6.27. The van der Waals surface area contributed by atoms with Crippen molar-refractivity contribution >= 4 is 11.5 Å². The molecule has 0 aliphatic rings. The lowest BCUT2D eigenvalue weighted by atomic mass is 10.3. The predicted octanol–water partition coefficient (Wildman–Crippen LogP) is 2.33. The monoisotopic (exact) mass is 203 g/mol. The standard InChI is InChI=1S/C11H13N3O/c1-12-11-6-10(2-4-13-11)14-7-9-3-5-15-8-9/h2-6,8H,7H2,1H3,(H2,12,13,14). The summed E-state index contributed by atoms with van der Waals surface area (Å²) in [6, 6.07) is 5.83. The molecule has 2 rings (SSSR count). The van der Waals surface area contributed by atoms with Crippen LogP contribution in [0.1, 0.15) is 5.56 Å². The molecular weight excluding hydrogens is 190 g/mol. The normalized spacial score (nSPS) is 9.93. The fraction of sp³-hybridized carbons (Fsp3) is 0.182. The second-order valence-electron chi connectivity index (χ2n) is 3.16. The van der Waals surface area contributed by atoms with Crippen LogP contribution in [-0.4, -0.2) is 12.0 Å². The second kappa shape index (κ2) is 4.50. The summed E-state index contributed by atoms with van der Waals surface area (Å²) in [6.07, 6.45) is 5.17. The van der Waals surface area contributed by atoms with Gasteiger partial charge in [0.15, 0.2) is 0 Å². The molecule has 0 amide bonds. The molecule has 2 heterocycles. The third-order valence-corrected chi connectivity index (χ3v) is 2.09. The Bertz CT molecular complexity index is 412. The molecule has 4 heteroatoms. The van der Waals surface area contributed by atoms with Crippen LogP contribution in [0.5, 0.6) is 0 Å². The highest BCUT2D eigenvalue weighted by Gasteiger charge is 1.96. The first kappa shape index (κ1) is 9.58. The summed E-state index contributed by atoms with van der Waals surface area (Å²) in [4.78, 5) is 4.13. The fourth-order valence-electron chi connectivity index (χ4n) is 1.27. The Morgan fingerprint density at radius 1 is 1.40 bits per heavy atom. The second-order valence-corrected chi connectivity index (χ2v) is 3.16. The van der Waals surface area contributed by atoms with E-state index in [-0.39, 0.29) is 0 Å². The third-order valence-electron chi connectivity index (χ3n) is 2.09. The Hall–Kier alpha value is -1.97. The molecule has 0 aliphatic heterocycles. The van der Waals surface area contributed by atoms with Gasteiger partial charge in [0.25, 0.3) is 0 Å². The molecule has 4 nitrogen and oxygen atoms in total. The van der Waals surface area contributed by atoms with E-state index in [1.54, 1.807) is 18.7 Å². The Kier molecular flexibility index (Phi) is 2.88. The van der Waals surface area contributed by atoms with Crippen molar-refractivity contribution in [2.24, 2.45) is 0 Å². The lowest BCUT2D eigenvalue weighted by Gasteiger charge is -2.05. The van der Waals surface area contributed by atoms with Gasteiger partial charge in [-0.05, 0) is 12.1 Å². The van der Waals surface area contributed by atoms with Crippen LogP contribution in [0.25, 0.3) is 0 Å². The molecule has 0 aliphatic carbocycles. The zero-order valence-electron chi connectivity index (χ0n) is 8.53. The maximum absolute atomic E-state index is 4.98. The molecule has 0 fully saturated rings. The smallest absolute Gasteiger partial charge is 0.127 e. The van der Waals surface area contributed by atoms with Gasteiger partial charge in [-0.3, -0.25) is 0 Å². The van der Waals surface area contributed by atoms with Crippen molar-refractivity contribution in [3.8, 4) is 0 Å². The van der Waals surface area contributed by atoms with Gasteiger partial charge in [0.1, 0.15) is 5.82 Å². The highest BCUT2D eigenvalue weighted by molar-refractivity contribution is 5.51. The average molecular weight is 203 g/mol. The minimum absolute atomic E-state index is 0.754. The van der Waals surface area contributed by atoms with Gasteiger partial charge >= 0.3 is 0 Å². The van der Waals surface area contributed by atoms with Crippen LogP contribution in [0.4, 0.5) is 11.5 Å². The van der Waals surface area contributed by atoms with Crippen LogP contribution in [0, 0.1) is 0 Å². The Balaban J connectivity index is 1.98. The van der Waals surface area contributed by atoms with Gasteiger partial charge in [0.2, 0.25) is 0 Å². The number of rotatable bonds is 4. The number of hydrogen-bond acceptors (Lipinski definition) is 4. The molecule has 0 bridgehead atoms. The van der Waals surface area contributed by atoms with E-state index in [4.69, 9.17) is 4.42 Å². The van der Waals surface area contributed by atoms with Crippen LogP contribution in [0.3, 0.4) is 0 Å². The largest absolute Gasteiger partial charge is 0.472 e. The minimum Gasteiger partial charge on any atom is -0.472 e. The van der Waals surface area contributed by atoms with Crippen LogP contribution in [-0.2, 0) is 6.54 Å². The molecule has 2 N–H and O–H groups in total. The SMILES string of the molecule is CNc1cc(NCc2ccoc2)ccn1. The summed E-state index contributed by atoms with van der Waals surface area (Å²) >= 11 is 0. The lowest BCUT2D eigenvalue weighted by molar-refractivity contribution is 0.564. The van der Waals surface area contributed by atoms with E-state index < -0.39 is 0 Å². The van der Waals surface area contributed by atoms with Crippen molar-refractivity contribution in [1.29, 1.82) is 0 Å².